The maximum Gasteiger partial charge on any atom is 0.416 e. The molecule has 9 nitrogen and oxygen atoms in total. The Morgan fingerprint density at radius 1 is 1.24 bits per heavy atom. The van der Waals surface area contributed by atoms with Crippen molar-refractivity contribution in [2.24, 2.45) is 5.10 Å². The quantitative estimate of drug-likeness (QED) is 0.489. The maximum absolute atomic E-state index is 12.9. The summed E-state index contributed by atoms with van der Waals surface area (Å²) in [5.41, 5.74) is 0.811. The molecule has 0 saturated heterocycles. The number of anilines is 1. The molecule has 2 rings (SSSR count). The highest BCUT2D eigenvalue weighted by atomic mass is 19.4. The SMILES string of the molecule is COCCOc1ccc(C(F)(F)F)cc1NC(=O)COC(=O)C1=NNC(=O)CC1. The molecule has 0 aliphatic carbocycles. The first-order valence-electron chi connectivity index (χ1n) is 8.36. The third-order valence-electron chi connectivity index (χ3n) is 3.60. The lowest BCUT2D eigenvalue weighted by atomic mass is 10.1. The maximum atomic E-state index is 12.9. The van der Waals surface area contributed by atoms with Gasteiger partial charge in [0.2, 0.25) is 5.91 Å². The fraction of sp³-hybridized carbons (Fsp3) is 0.412. The average molecular weight is 417 g/mol. The van der Waals surface area contributed by atoms with Crippen molar-refractivity contribution in [1.29, 1.82) is 0 Å². The van der Waals surface area contributed by atoms with E-state index in [1.807, 2.05) is 0 Å². The number of nitrogens with one attached hydrogen (secondary N) is 2. The Kier molecular flexibility index (Phi) is 7.53. The van der Waals surface area contributed by atoms with Gasteiger partial charge in [-0.05, 0) is 18.2 Å². The van der Waals surface area contributed by atoms with Gasteiger partial charge in [0.15, 0.2) is 6.61 Å². The van der Waals surface area contributed by atoms with Crippen LogP contribution in [0.1, 0.15) is 18.4 Å². The van der Waals surface area contributed by atoms with E-state index in [9.17, 15) is 27.6 Å². The van der Waals surface area contributed by atoms with Crippen molar-refractivity contribution in [1.82, 2.24) is 5.43 Å². The molecule has 0 spiro atoms. The lowest BCUT2D eigenvalue weighted by Gasteiger charge is -2.15. The van der Waals surface area contributed by atoms with E-state index in [1.54, 1.807) is 0 Å². The van der Waals surface area contributed by atoms with Crippen LogP contribution < -0.4 is 15.5 Å². The van der Waals surface area contributed by atoms with E-state index in [0.29, 0.717) is 6.07 Å². The summed E-state index contributed by atoms with van der Waals surface area (Å²) in [4.78, 5) is 34.8. The standard InChI is InChI=1S/C17H18F3N3O6/c1-27-6-7-28-13-4-2-10(17(18,19)20)8-12(13)21-15(25)9-29-16(26)11-3-5-14(24)23-22-11/h2,4,8H,3,5-7,9H2,1H3,(H,21,25)(H,23,24). The number of hydrazone groups is 1. The summed E-state index contributed by atoms with van der Waals surface area (Å²) in [6.07, 6.45) is -4.52. The average Bonchev–Trinajstić information content (AvgIpc) is 2.67. The van der Waals surface area contributed by atoms with Gasteiger partial charge in [-0.25, -0.2) is 10.2 Å². The zero-order valence-electron chi connectivity index (χ0n) is 15.3. The second-order valence-electron chi connectivity index (χ2n) is 5.77. The van der Waals surface area contributed by atoms with Crippen molar-refractivity contribution in [2.45, 2.75) is 19.0 Å². The first-order chi connectivity index (χ1) is 13.7. The summed E-state index contributed by atoms with van der Waals surface area (Å²) in [6, 6.07) is 2.59. The molecule has 0 radical (unpaired) electrons. The van der Waals surface area contributed by atoms with E-state index < -0.39 is 30.2 Å². The largest absolute Gasteiger partial charge is 0.489 e. The van der Waals surface area contributed by atoms with Gasteiger partial charge in [0, 0.05) is 20.0 Å². The monoisotopic (exact) mass is 417 g/mol. The van der Waals surface area contributed by atoms with Crippen LogP contribution in [0.25, 0.3) is 0 Å². The third-order valence-corrected chi connectivity index (χ3v) is 3.60. The Bertz CT molecular complexity index is 810. The van der Waals surface area contributed by atoms with Gasteiger partial charge in [-0.1, -0.05) is 0 Å². The van der Waals surface area contributed by atoms with Crippen molar-refractivity contribution < 1.29 is 41.8 Å². The van der Waals surface area contributed by atoms with Gasteiger partial charge in [0.25, 0.3) is 5.91 Å². The zero-order chi connectivity index (χ0) is 21.4. The molecular formula is C17H18F3N3O6. The number of esters is 1. The summed E-state index contributed by atoms with van der Waals surface area (Å²) < 4.78 is 53.7. The predicted octanol–water partition coefficient (Wildman–Crippen LogP) is 1.48. The number of methoxy groups -OCH3 is 1. The summed E-state index contributed by atoms with van der Waals surface area (Å²) in [5, 5.41) is 5.74. The third kappa shape index (κ3) is 6.75. The molecule has 2 N–H and O–H groups in total. The normalized spacial score (nSPS) is 13.9. The Labute approximate surface area is 163 Å². The zero-order valence-corrected chi connectivity index (χ0v) is 15.3. The van der Waals surface area contributed by atoms with Gasteiger partial charge in [0.05, 0.1) is 17.9 Å². The van der Waals surface area contributed by atoms with E-state index in [2.05, 4.69) is 15.8 Å². The lowest BCUT2D eigenvalue weighted by molar-refractivity contribution is -0.140. The smallest absolute Gasteiger partial charge is 0.416 e. The topological polar surface area (TPSA) is 115 Å². The van der Waals surface area contributed by atoms with Crippen LogP contribution in [0.2, 0.25) is 0 Å². The van der Waals surface area contributed by atoms with Crippen LogP contribution in [0.3, 0.4) is 0 Å². The second kappa shape index (κ2) is 9.87. The van der Waals surface area contributed by atoms with Gasteiger partial charge in [0.1, 0.15) is 18.1 Å². The van der Waals surface area contributed by atoms with Gasteiger partial charge in [-0.2, -0.15) is 18.3 Å². The minimum atomic E-state index is -4.62. The summed E-state index contributed by atoms with van der Waals surface area (Å²) in [6.45, 7) is -0.532. The molecule has 1 aliphatic rings. The Morgan fingerprint density at radius 3 is 2.62 bits per heavy atom. The number of benzene rings is 1. The lowest BCUT2D eigenvalue weighted by Crippen LogP contribution is -2.32. The molecule has 12 heteroatoms. The Hall–Kier alpha value is -3.15. The first-order valence-corrected chi connectivity index (χ1v) is 8.36. The number of ether oxygens (including phenoxy) is 3. The molecule has 29 heavy (non-hydrogen) atoms. The molecule has 158 valence electrons. The number of alkyl halides is 3. The Balaban J connectivity index is 2.02. The van der Waals surface area contributed by atoms with Crippen molar-refractivity contribution >= 4 is 29.2 Å². The second-order valence-corrected chi connectivity index (χ2v) is 5.77. The van der Waals surface area contributed by atoms with E-state index in [-0.39, 0.29) is 49.1 Å². The molecule has 0 atom stereocenters. The number of carbonyl (C=O) groups excluding carboxylic acids is 3. The van der Waals surface area contributed by atoms with Crippen molar-refractivity contribution in [2.75, 3.05) is 32.2 Å². The number of hydrogen-bond donors (Lipinski definition) is 2. The van der Waals surface area contributed by atoms with E-state index in [0.717, 1.165) is 12.1 Å². The number of hydrogen-bond acceptors (Lipinski definition) is 7. The highest BCUT2D eigenvalue weighted by molar-refractivity contribution is 6.37. The minimum Gasteiger partial charge on any atom is -0.489 e. The summed E-state index contributed by atoms with van der Waals surface area (Å²) in [7, 11) is 1.43. The Morgan fingerprint density at radius 2 is 2.00 bits per heavy atom. The van der Waals surface area contributed by atoms with Crippen LogP contribution in [-0.4, -0.2) is 50.4 Å². The predicted molar refractivity (Wildman–Crippen MR) is 93.2 cm³/mol. The molecule has 1 heterocycles. The number of amides is 2. The van der Waals surface area contributed by atoms with Crippen molar-refractivity contribution in [3.05, 3.63) is 23.8 Å². The van der Waals surface area contributed by atoms with Gasteiger partial charge < -0.3 is 19.5 Å². The number of carbonyl (C=O) groups is 3. The highest BCUT2D eigenvalue weighted by Crippen LogP contribution is 2.35. The minimum absolute atomic E-state index is 0.00547. The molecule has 0 fully saturated rings. The fourth-order valence-electron chi connectivity index (χ4n) is 2.19. The van der Waals surface area contributed by atoms with E-state index in [4.69, 9.17) is 14.2 Å². The van der Waals surface area contributed by atoms with Crippen LogP contribution in [0.5, 0.6) is 5.75 Å². The van der Waals surface area contributed by atoms with Crippen LogP contribution >= 0.6 is 0 Å². The van der Waals surface area contributed by atoms with E-state index in [1.165, 1.54) is 7.11 Å². The first kappa shape index (κ1) is 22.1. The van der Waals surface area contributed by atoms with Crippen LogP contribution in [0, 0.1) is 0 Å². The van der Waals surface area contributed by atoms with Gasteiger partial charge in [-0.3, -0.25) is 9.59 Å². The molecule has 2 amide bonds. The molecule has 0 saturated carbocycles. The molecule has 1 aliphatic heterocycles. The number of nitrogens with zero attached hydrogens (tertiary/aromatic N) is 1. The highest BCUT2D eigenvalue weighted by Gasteiger charge is 2.31. The molecule has 1 aromatic rings. The van der Waals surface area contributed by atoms with E-state index >= 15 is 0 Å². The fourth-order valence-corrected chi connectivity index (χ4v) is 2.19. The molecule has 1 aromatic carbocycles. The summed E-state index contributed by atoms with van der Waals surface area (Å²) in [5.74, 6) is -2.16. The van der Waals surface area contributed by atoms with Crippen molar-refractivity contribution in [3.63, 3.8) is 0 Å². The molecular weight excluding hydrogens is 399 g/mol. The van der Waals surface area contributed by atoms with Gasteiger partial charge in [-0.15, -0.1) is 0 Å². The summed E-state index contributed by atoms with van der Waals surface area (Å²) >= 11 is 0. The van der Waals surface area contributed by atoms with Crippen molar-refractivity contribution in [3.8, 4) is 5.75 Å². The number of rotatable bonds is 8. The molecule has 0 aromatic heterocycles. The van der Waals surface area contributed by atoms with Crippen LogP contribution in [0.4, 0.5) is 18.9 Å². The van der Waals surface area contributed by atoms with Gasteiger partial charge >= 0.3 is 12.1 Å². The molecule has 0 bridgehead atoms. The molecule has 0 unspecified atom stereocenters. The van der Waals surface area contributed by atoms with Crippen LogP contribution in [0.15, 0.2) is 23.3 Å². The van der Waals surface area contributed by atoms with Crippen LogP contribution in [-0.2, 0) is 30.0 Å². The number of halogens is 3.